The van der Waals surface area contributed by atoms with Crippen LogP contribution in [-0.4, -0.2) is 0 Å². The number of rotatable bonds is 1. The summed E-state index contributed by atoms with van der Waals surface area (Å²) < 4.78 is 0. The Morgan fingerprint density at radius 3 is 1.80 bits per heavy atom. The topological polar surface area (TPSA) is 0 Å². The molecule has 2 aromatic rings. The lowest BCUT2D eigenvalue weighted by Crippen LogP contribution is -1.95. The van der Waals surface area contributed by atoms with Crippen LogP contribution in [0.1, 0.15) is 71.6 Å². The number of benzene rings is 2. The van der Waals surface area contributed by atoms with Crippen molar-refractivity contribution in [2.75, 3.05) is 0 Å². The summed E-state index contributed by atoms with van der Waals surface area (Å²) in [6.45, 7) is 2.34. The van der Waals surface area contributed by atoms with E-state index in [1.807, 2.05) is 0 Å². The van der Waals surface area contributed by atoms with Crippen molar-refractivity contribution in [2.45, 2.75) is 54.9 Å². The Bertz CT molecular complexity index is 484. The zero-order valence-corrected chi connectivity index (χ0v) is 9.56. The molecule has 0 unspecified atom stereocenters. The van der Waals surface area contributed by atoms with E-state index in [9.17, 15) is 0 Å². The summed E-state index contributed by atoms with van der Waals surface area (Å²) in [7, 11) is 0. The van der Waals surface area contributed by atoms with Crippen LogP contribution in [0.4, 0.5) is 0 Å². The van der Waals surface area contributed by atoms with Gasteiger partial charge in [0.05, 0.1) is 0 Å². The van der Waals surface area contributed by atoms with Crippen LogP contribution < -0.4 is 0 Å². The molecule has 0 aliphatic heterocycles. The second-order valence-corrected chi connectivity index (χ2v) is 4.73. The molecule has 112 valence electrons. The second-order valence-electron chi connectivity index (χ2n) is 4.73. The molecule has 0 spiro atoms. The number of hydrogen-bond donors (Lipinski definition) is 0. The maximum Gasteiger partial charge on any atom is 0.00978 e. The smallest absolute Gasteiger partial charge is 0.00978 e. The minimum Gasteiger partial charge on any atom is -0.0776 e. The van der Waals surface area contributed by atoms with E-state index in [0.717, 1.165) is 0 Å². The first-order chi connectivity index (χ1) is 7.86. The summed E-state index contributed by atoms with van der Waals surface area (Å²) in [4.78, 5) is 0. The molecular formula is C20H32. The van der Waals surface area contributed by atoms with E-state index in [2.05, 4.69) is 61.5 Å². The van der Waals surface area contributed by atoms with Gasteiger partial charge in [-0.2, -0.15) is 0 Å². The quantitative estimate of drug-likeness (QED) is 0.531. The van der Waals surface area contributed by atoms with E-state index < -0.39 is 0 Å². The molecule has 0 nitrogen and oxygen atoms in total. The SMILES string of the molecule is C.C.C.C.C[C@H]1C[C@@H](c2ccccc2)c2ccccc21. The Morgan fingerprint density at radius 1 is 0.700 bits per heavy atom. The first-order valence-electron chi connectivity index (χ1n) is 6.00. The summed E-state index contributed by atoms with van der Waals surface area (Å²) in [5, 5.41) is 0. The van der Waals surface area contributed by atoms with E-state index in [1.165, 1.54) is 23.1 Å². The molecule has 0 saturated carbocycles. The fourth-order valence-electron chi connectivity index (χ4n) is 2.89. The van der Waals surface area contributed by atoms with Gasteiger partial charge in [0.2, 0.25) is 0 Å². The molecule has 0 radical (unpaired) electrons. The normalized spacial score (nSPS) is 18.4. The minimum absolute atomic E-state index is 0. The van der Waals surface area contributed by atoms with Crippen molar-refractivity contribution in [3.63, 3.8) is 0 Å². The first kappa shape index (κ1) is 20.8. The molecule has 2 aromatic carbocycles. The molecule has 0 aromatic heterocycles. The van der Waals surface area contributed by atoms with Crippen LogP contribution in [0.3, 0.4) is 0 Å². The molecule has 0 heterocycles. The lowest BCUT2D eigenvalue weighted by molar-refractivity contribution is 0.686. The Morgan fingerprint density at radius 2 is 1.20 bits per heavy atom. The third kappa shape index (κ3) is 3.50. The van der Waals surface area contributed by atoms with Crippen LogP contribution in [0.15, 0.2) is 54.6 Å². The lowest BCUT2D eigenvalue weighted by Gasteiger charge is -2.11. The molecule has 0 amide bonds. The Kier molecular flexibility index (Phi) is 8.90. The van der Waals surface area contributed by atoms with Crippen LogP contribution in [0.25, 0.3) is 0 Å². The van der Waals surface area contributed by atoms with Crippen LogP contribution in [-0.2, 0) is 0 Å². The molecule has 1 aliphatic carbocycles. The summed E-state index contributed by atoms with van der Waals surface area (Å²) in [6.07, 6.45) is 1.25. The van der Waals surface area contributed by atoms with Crippen LogP contribution >= 0.6 is 0 Å². The molecule has 0 heteroatoms. The molecule has 1 aliphatic rings. The van der Waals surface area contributed by atoms with Crippen molar-refractivity contribution in [1.29, 1.82) is 0 Å². The number of hydrogen-bond acceptors (Lipinski definition) is 0. The highest BCUT2D eigenvalue weighted by Gasteiger charge is 2.28. The second kappa shape index (κ2) is 8.58. The maximum absolute atomic E-state index is 2.34. The van der Waals surface area contributed by atoms with Crippen molar-refractivity contribution < 1.29 is 0 Å². The number of fused-ring (bicyclic) bond motifs is 1. The monoisotopic (exact) mass is 272 g/mol. The van der Waals surface area contributed by atoms with E-state index in [-0.39, 0.29) is 29.7 Å². The van der Waals surface area contributed by atoms with Gasteiger partial charge in [-0.1, -0.05) is 91.2 Å². The Hall–Kier alpha value is -1.56. The van der Waals surface area contributed by atoms with Gasteiger partial charge in [0, 0.05) is 5.92 Å². The molecule has 20 heavy (non-hydrogen) atoms. The zero-order chi connectivity index (χ0) is 11.0. The summed E-state index contributed by atoms with van der Waals surface area (Å²) in [6, 6.07) is 19.8. The lowest BCUT2D eigenvalue weighted by atomic mass is 9.93. The predicted octanol–water partition coefficient (Wildman–Crippen LogP) is 6.87. The fraction of sp³-hybridized carbons (Fsp3) is 0.400. The summed E-state index contributed by atoms with van der Waals surface area (Å²) >= 11 is 0. The molecule has 0 N–H and O–H groups in total. The van der Waals surface area contributed by atoms with Crippen LogP contribution in [0, 0.1) is 0 Å². The van der Waals surface area contributed by atoms with Gasteiger partial charge in [-0.3, -0.25) is 0 Å². The maximum atomic E-state index is 2.34. The highest BCUT2D eigenvalue weighted by molar-refractivity contribution is 5.44. The Labute approximate surface area is 126 Å². The molecule has 0 fully saturated rings. The van der Waals surface area contributed by atoms with E-state index in [0.29, 0.717) is 11.8 Å². The molecule has 0 bridgehead atoms. The molecule has 0 saturated heterocycles. The zero-order valence-electron chi connectivity index (χ0n) is 9.56. The van der Waals surface area contributed by atoms with Crippen molar-refractivity contribution in [3.8, 4) is 0 Å². The van der Waals surface area contributed by atoms with Crippen molar-refractivity contribution in [2.24, 2.45) is 0 Å². The van der Waals surface area contributed by atoms with Gasteiger partial charge in [-0.25, -0.2) is 0 Å². The van der Waals surface area contributed by atoms with Gasteiger partial charge < -0.3 is 0 Å². The predicted molar refractivity (Wildman–Crippen MR) is 94.7 cm³/mol. The van der Waals surface area contributed by atoms with Crippen LogP contribution in [0.2, 0.25) is 0 Å². The van der Waals surface area contributed by atoms with E-state index >= 15 is 0 Å². The third-order valence-electron chi connectivity index (χ3n) is 3.69. The average molecular weight is 272 g/mol. The third-order valence-corrected chi connectivity index (χ3v) is 3.69. The van der Waals surface area contributed by atoms with Crippen molar-refractivity contribution in [1.82, 2.24) is 0 Å². The van der Waals surface area contributed by atoms with E-state index in [4.69, 9.17) is 0 Å². The minimum atomic E-state index is 0. The Balaban J connectivity index is 0. The average Bonchev–Trinajstić information content (AvgIpc) is 2.69. The van der Waals surface area contributed by atoms with E-state index in [1.54, 1.807) is 0 Å². The first-order valence-corrected chi connectivity index (χ1v) is 6.00. The van der Waals surface area contributed by atoms with Gasteiger partial charge in [0.25, 0.3) is 0 Å². The standard InChI is InChI=1S/C16H16.4CH4/c1-12-11-16(13-7-3-2-4-8-13)15-10-6-5-9-14(12)15;;;;/h2-10,12,16H,11H2,1H3;4*1H4/t12-,16-;;;;/m0..../s1. The highest BCUT2D eigenvalue weighted by atomic mass is 14.3. The van der Waals surface area contributed by atoms with Gasteiger partial charge in [-0.05, 0) is 29.0 Å². The van der Waals surface area contributed by atoms with Gasteiger partial charge in [0.15, 0.2) is 0 Å². The fourth-order valence-corrected chi connectivity index (χ4v) is 2.89. The van der Waals surface area contributed by atoms with Gasteiger partial charge in [0.1, 0.15) is 0 Å². The molecular weight excluding hydrogens is 240 g/mol. The molecule has 2 atom stereocenters. The molecule has 3 rings (SSSR count). The van der Waals surface area contributed by atoms with Gasteiger partial charge >= 0.3 is 0 Å². The van der Waals surface area contributed by atoms with Crippen LogP contribution in [0.5, 0.6) is 0 Å². The van der Waals surface area contributed by atoms with Crippen molar-refractivity contribution >= 4 is 0 Å². The largest absolute Gasteiger partial charge is 0.0776 e. The van der Waals surface area contributed by atoms with Gasteiger partial charge in [-0.15, -0.1) is 0 Å². The highest BCUT2D eigenvalue weighted by Crippen LogP contribution is 2.44. The summed E-state index contributed by atoms with van der Waals surface area (Å²) in [5.41, 5.74) is 4.52. The summed E-state index contributed by atoms with van der Waals surface area (Å²) in [5.74, 6) is 1.30. The van der Waals surface area contributed by atoms with Crippen molar-refractivity contribution in [3.05, 3.63) is 71.3 Å².